The van der Waals surface area contributed by atoms with E-state index in [9.17, 15) is 8.42 Å². The zero-order valence-corrected chi connectivity index (χ0v) is 15.8. The summed E-state index contributed by atoms with van der Waals surface area (Å²) in [6.45, 7) is 0. The second-order valence-electron chi connectivity index (χ2n) is 6.23. The molecule has 3 aromatic rings. The number of hydrogen-bond acceptors (Lipinski definition) is 5. The Morgan fingerprint density at radius 1 is 1.08 bits per heavy atom. The van der Waals surface area contributed by atoms with Crippen LogP contribution in [-0.4, -0.2) is 20.5 Å². The molecule has 1 aromatic heterocycles. The second-order valence-corrected chi connectivity index (χ2v) is 8.94. The fourth-order valence-electron chi connectivity index (χ4n) is 3.10. The van der Waals surface area contributed by atoms with Crippen molar-refractivity contribution >= 4 is 26.4 Å². The summed E-state index contributed by atoms with van der Waals surface area (Å²) in [4.78, 5) is 4.75. The number of sulfonamides is 1. The monoisotopic (exact) mass is 386 g/mol. The lowest BCUT2D eigenvalue weighted by atomic mass is 9.96. The molecule has 0 bridgehead atoms. The molecule has 0 atom stereocenters. The summed E-state index contributed by atoms with van der Waals surface area (Å²) < 4.78 is 33.1. The molecule has 26 heavy (non-hydrogen) atoms. The molecule has 0 unspecified atom stereocenters. The Morgan fingerprint density at radius 2 is 1.77 bits per heavy atom. The lowest BCUT2D eigenvalue weighted by molar-refractivity contribution is 0.406. The first-order valence-electron chi connectivity index (χ1n) is 8.23. The summed E-state index contributed by atoms with van der Waals surface area (Å²) in [5, 5.41) is 1.43. The third kappa shape index (κ3) is 2.97. The van der Waals surface area contributed by atoms with Gasteiger partial charge in [0.05, 0.1) is 23.6 Å². The molecule has 1 aliphatic rings. The van der Waals surface area contributed by atoms with Crippen LogP contribution in [0.1, 0.15) is 23.4 Å². The summed E-state index contributed by atoms with van der Waals surface area (Å²) in [5.41, 5.74) is 0.933. The van der Waals surface area contributed by atoms with Crippen LogP contribution in [0.25, 0.3) is 0 Å². The van der Waals surface area contributed by atoms with E-state index in [2.05, 4.69) is 15.8 Å². The minimum atomic E-state index is -3.61. The van der Waals surface area contributed by atoms with Crippen molar-refractivity contribution in [1.82, 2.24) is 4.98 Å². The highest BCUT2D eigenvalue weighted by atomic mass is 32.2. The summed E-state index contributed by atoms with van der Waals surface area (Å²) >= 11 is 1.38. The lowest BCUT2D eigenvalue weighted by Gasteiger charge is -2.16. The number of benzene rings is 2. The van der Waals surface area contributed by atoms with E-state index in [0.717, 1.165) is 29.2 Å². The molecule has 0 amide bonds. The van der Waals surface area contributed by atoms with Crippen LogP contribution in [0.3, 0.4) is 0 Å². The van der Waals surface area contributed by atoms with Crippen LogP contribution < -0.4 is 9.46 Å². The van der Waals surface area contributed by atoms with E-state index in [-0.39, 0.29) is 10.3 Å². The highest BCUT2D eigenvalue weighted by molar-refractivity contribution is 7.93. The van der Waals surface area contributed by atoms with E-state index < -0.39 is 10.0 Å². The number of nitrogens with one attached hydrogen (secondary N) is 1. The maximum Gasteiger partial charge on any atom is 0.262 e. The van der Waals surface area contributed by atoms with Crippen LogP contribution in [0.2, 0.25) is 0 Å². The van der Waals surface area contributed by atoms with Crippen molar-refractivity contribution in [3.05, 3.63) is 71.4 Å². The topological polar surface area (TPSA) is 68.3 Å². The Hall–Kier alpha value is -2.38. The fraction of sp³-hybridized carbons (Fsp3) is 0.211. The molecule has 5 nitrogen and oxygen atoms in total. The Morgan fingerprint density at radius 3 is 2.46 bits per heavy atom. The highest BCUT2D eigenvalue weighted by Crippen LogP contribution is 2.57. The first-order valence-corrected chi connectivity index (χ1v) is 10.5. The number of methoxy groups -OCH3 is 1. The number of aromatic nitrogens is 1. The summed E-state index contributed by atoms with van der Waals surface area (Å²) in [6.07, 6.45) is 3.55. The molecule has 0 saturated heterocycles. The van der Waals surface area contributed by atoms with Crippen LogP contribution >= 0.6 is 11.3 Å². The maximum absolute atomic E-state index is 12.5. The molecule has 0 radical (unpaired) electrons. The van der Waals surface area contributed by atoms with Crippen molar-refractivity contribution in [2.24, 2.45) is 0 Å². The van der Waals surface area contributed by atoms with E-state index in [4.69, 9.17) is 4.74 Å². The highest BCUT2D eigenvalue weighted by Gasteiger charge is 2.50. The predicted molar refractivity (Wildman–Crippen MR) is 102 cm³/mol. The Kier molecular flexibility index (Phi) is 4.20. The Bertz CT molecular complexity index is 1030. The summed E-state index contributed by atoms with van der Waals surface area (Å²) in [6, 6.07) is 16.3. The van der Waals surface area contributed by atoms with E-state index in [1.54, 1.807) is 43.6 Å². The van der Waals surface area contributed by atoms with Crippen LogP contribution in [-0.2, 0) is 15.4 Å². The average molecular weight is 386 g/mol. The average Bonchev–Trinajstić information content (AvgIpc) is 3.35. The largest absolute Gasteiger partial charge is 0.496 e. The third-order valence-electron chi connectivity index (χ3n) is 4.58. The molecule has 1 heterocycles. The van der Waals surface area contributed by atoms with Crippen molar-refractivity contribution in [1.29, 1.82) is 0 Å². The predicted octanol–water partition coefficient (Wildman–Crippen LogP) is 4.03. The van der Waals surface area contributed by atoms with Gasteiger partial charge in [-0.15, -0.1) is 0 Å². The van der Waals surface area contributed by atoms with Gasteiger partial charge in [-0.05, 0) is 31.0 Å². The molecular formula is C19H18N2O3S2. The van der Waals surface area contributed by atoms with E-state index in [0.29, 0.717) is 5.00 Å². The number of nitrogens with zero attached hydrogens (tertiary/aromatic N) is 1. The van der Waals surface area contributed by atoms with Crippen molar-refractivity contribution in [2.75, 3.05) is 11.8 Å². The van der Waals surface area contributed by atoms with Gasteiger partial charge in [0, 0.05) is 5.56 Å². The quantitative estimate of drug-likeness (QED) is 0.694. The zero-order valence-electron chi connectivity index (χ0n) is 14.2. The van der Waals surface area contributed by atoms with E-state index in [1.807, 2.05) is 18.2 Å². The standard InChI is InChI=1S/C19H18N2O3S2/c1-24-16-10-6-5-9-15(16)19(11-12-19)18-20-13-17(25-18)21-26(22,23)14-7-3-2-4-8-14/h2-10,13,21H,11-12H2,1H3. The molecule has 2 aromatic carbocycles. The second kappa shape index (κ2) is 6.41. The SMILES string of the molecule is COc1ccccc1C1(c2ncc(NS(=O)(=O)c3ccccc3)s2)CC1. The summed E-state index contributed by atoms with van der Waals surface area (Å²) in [7, 11) is -1.94. The van der Waals surface area contributed by atoms with Crippen LogP contribution in [0.4, 0.5) is 5.00 Å². The van der Waals surface area contributed by atoms with Gasteiger partial charge in [-0.25, -0.2) is 13.4 Å². The van der Waals surface area contributed by atoms with Crippen LogP contribution in [0, 0.1) is 0 Å². The molecule has 0 aliphatic heterocycles. The molecule has 7 heteroatoms. The normalized spacial score (nSPS) is 15.4. The van der Waals surface area contributed by atoms with Gasteiger partial charge in [-0.3, -0.25) is 4.72 Å². The minimum absolute atomic E-state index is 0.173. The van der Waals surface area contributed by atoms with Crippen molar-refractivity contribution in [3.8, 4) is 5.75 Å². The fourth-order valence-corrected chi connectivity index (χ4v) is 5.47. The number of rotatable bonds is 6. The van der Waals surface area contributed by atoms with Crippen LogP contribution in [0.15, 0.2) is 65.7 Å². The number of para-hydroxylation sites is 1. The van der Waals surface area contributed by atoms with E-state index in [1.165, 1.54) is 11.3 Å². The maximum atomic E-state index is 12.5. The van der Waals surface area contributed by atoms with Gasteiger partial charge in [-0.2, -0.15) is 0 Å². The van der Waals surface area contributed by atoms with Gasteiger partial charge < -0.3 is 4.74 Å². The first kappa shape index (κ1) is 17.1. The summed E-state index contributed by atoms with van der Waals surface area (Å²) in [5.74, 6) is 0.839. The lowest BCUT2D eigenvalue weighted by Crippen LogP contribution is -2.11. The molecule has 1 fully saturated rings. The zero-order chi connectivity index (χ0) is 18.2. The van der Waals surface area contributed by atoms with Gasteiger partial charge in [0.2, 0.25) is 0 Å². The van der Waals surface area contributed by atoms with Gasteiger partial charge in [0.15, 0.2) is 0 Å². The first-order chi connectivity index (χ1) is 12.5. The molecular weight excluding hydrogens is 368 g/mol. The number of ether oxygens (including phenoxy) is 1. The third-order valence-corrected chi connectivity index (χ3v) is 7.20. The molecule has 0 spiro atoms. The van der Waals surface area contributed by atoms with Gasteiger partial charge in [-0.1, -0.05) is 47.7 Å². The van der Waals surface area contributed by atoms with Gasteiger partial charge >= 0.3 is 0 Å². The smallest absolute Gasteiger partial charge is 0.262 e. The molecule has 134 valence electrons. The Labute approximate surface area is 156 Å². The van der Waals surface area contributed by atoms with Crippen molar-refractivity contribution in [3.63, 3.8) is 0 Å². The van der Waals surface area contributed by atoms with Crippen molar-refractivity contribution < 1.29 is 13.2 Å². The van der Waals surface area contributed by atoms with Gasteiger partial charge in [0.25, 0.3) is 10.0 Å². The van der Waals surface area contributed by atoms with E-state index >= 15 is 0 Å². The molecule has 1 N–H and O–H groups in total. The number of anilines is 1. The molecule has 1 saturated carbocycles. The minimum Gasteiger partial charge on any atom is -0.496 e. The molecule has 4 rings (SSSR count). The number of hydrogen-bond donors (Lipinski definition) is 1. The van der Waals surface area contributed by atoms with Crippen LogP contribution in [0.5, 0.6) is 5.75 Å². The number of thiazole rings is 1. The molecule has 1 aliphatic carbocycles. The Balaban J connectivity index is 1.63. The van der Waals surface area contributed by atoms with Gasteiger partial charge in [0.1, 0.15) is 15.8 Å². The van der Waals surface area contributed by atoms with Crippen molar-refractivity contribution in [2.45, 2.75) is 23.2 Å².